The molecule has 0 spiro atoms. The van der Waals surface area contributed by atoms with Gasteiger partial charge in [-0.3, -0.25) is 4.79 Å². The minimum atomic E-state index is -0.509. The number of nitrogens with one attached hydrogen (secondary N) is 1. The first-order valence-electron chi connectivity index (χ1n) is 9.29. The number of nitrogens with two attached hydrogens (primary N) is 1. The second kappa shape index (κ2) is 7.11. The molecule has 2 heterocycles. The molecule has 28 heavy (non-hydrogen) atoms. The Balaban J connectivity index is 2.19. The molecular formula is C22H27N5O. The zero-order chi connectivity index (χ0) is 20.6. The van der Waals surface area contributed by atoms with Crippen molar-refractivity contribution >= 4 is 17.5 Å². The third-order valence-electron chi connectivity index (χ3n) is 4.66. The average Bonchev–Trinajstić information content (AvgIpc) is 2.98. The third-order valence-corrected chi connectivity index (χ3v) is 4.66. The number of anilines is 2. The van der Waals surface area contributed by atoms with E-state index in [0.717, 1.165) is 34.0 Å². The van der Waals surface area contributed by atoms with Crippen LogP contribution in [-0.4, -0.2) is 20.7 Å². The lowest BCUT2D eigenvalue weighted by Crippen LogP contribution is -2.17. The van der Waals surface area contributed by atoms with Gasteiger partial charge in [0.15, 0.2) is 0 Å². The average molecular weight is 377 g/mol. The molecule has 0 aliphatic carbocycles. The number of rotatable bonds is 4. The molecule has 0 radical (unpaired) electrons. The Labute approximate surface area is 165 Å². The van der Waals surface area contributed by atoms with E-state index in [1.807, 2.05) is 61.9 Å². The number of nitrogens with zero attached hydrogens (tertiary/aromatic N) is 3. The summed E-state index contributed by atoms with van der Waals surface area (Å²) < 4.78 is 1.86. The van der Waals surface area contributed by atoms with Gasteiger partial charge in [0, 0.05) is 17.2 Å². The number of hydrogen-bond acceptors (Lipinski definition) is 4. The molecule has 3 aromatic rings. The van der Waals surface area contributed by atoms with Crippen LogP contribution in [0.5, 0.6) is 0 Å². The summed E-state index contributed by atoms with van der Waals surface area (Å²) in [6, 6.07) is 11.9. The lowest BCUT2D eigenvalue weighted by molar-refractivity contribution is 0.1000. The van der Waals surface area contributed by atoms with Crippen molar-refractivity contribution in [1.29, 1.82) is 0 Å². The smallest absolute Gasteiger partial charge is 0.252 e. The first kappa shape index (κ1) is 19.6. The number of carbonyl (C=O) groups excluding carboxylic acids is 1. The molecule has 0 unspecified atom stereocenters. The van der Waals surface area contributed by atoms with Gasteiger partial charge in [0.2, 0.25) is 0 Å². The Bertz CT molecular complexity index is 1040. The van der Waals surface area contributed by atoms with Gasteiger partial charge in [-0.25, -0.2) is 9.67 Å². The summed E-state index contributed by atoms with van der Waals surface area (Å²) in [4.78, 5) is 16.6. The van der Waals surface area contributed by atoms with Crippen molar-refractivity contribution in [1.82, 2.24) is 14.8 Å². The topological polar surface area (TPSA) is 85.8 Å². The molecule has 0 saturated carbocycles. The lowest BCUT2D eigenvalue weighted by Gasteiger charge is -2.15. The number of carbonyl (C=O) groups is 1. The summed E-state index contributed by atoms with van der Waals surface area (Å²) in [5.41, 5.74) is 10.5. The fourth-order valence-corrected chi connectivity index (χ4v) is 3.18. The number of hydrogen-bond donors (Lipinski definition) is 2. The number of amides is 1. The number of aromatic nitrogens is 3. The van der Waals surface area contributed by atoms with Gasteiger partial charge in [-0.2, -0.15) is 5.10 Å². The van der Waals surface area contributed by atoms with Crippen molar-refractivity contribution in [2.45, 2.75) is 47.0 Å². The number of benzene rings is 1. The van der Waals surface area contributed by atoms with E-state index in [1.165, 1.54) is 0 Å². The Morgan fingerprint density at radius 2 is 1.75 bits per heavy atom. The highest BCUT2D eigenvalue weighted by Crippen LogP contribution is 2.30. The fraction of sp³-hybridized carbons (Fsp3) is 0.318. The van der Waals surface area contributed by atoms with Crippen LogP contribution in [0.2, 0.25) is 0 Å². The van der Waals surface area contributed by atoms with Crippen molar-refractivity contribution < 1.29 is 4.79 Å². The normalized spacial score (nSPS) is 11.5. The molecule has 6 nitrogen and oxygen atoms in total. The number of primary amides is 1. The first-order chi connectivity index (χ1) is 13.1. The zero-order valence-electron chi connectivity index (χ0n) is 17.3. The highest BCUT2D eigenvalue weighted by Gasteiger charge is 2.23. The molecule has 6 heteroatoms. The molecule has 146 valence electrons. The van der Waals surface area contributed by atoms with Crippen LogP contribution in [0.3, 0.4) is 0 Å². The Morgan fingerprint density at radius 1 is 1.07 bits per heavy atom. The van der Waals surface area contributed by atoms with Crippen LogP contribution >= 0.6 is 0 Å². The van der Waals surface area contributed by atoms with Gasteiger partial charge in [-0.1, -0.05) is 39.0 Å². The van der Waals surface area contributed by atoms with Gasteiger partial charge < -0.3 is 11.1 Å². The maximum Gasteiger partial charge on any atom is 0.252 e. The van der Waals surface area contributed by atoms with Crippen molar-refractivity contribution in [3.8, 4) is 5.69 Å². The predicted octanol–water partition coefficient (Wildman–Crippen LogP) is 4.33. The van der Waals surface area contributed by atoms with E-state index < -0.39 is 5.91 Å². The van der Waals surface area contributed by atoms with Crippen LogP contribution in [0, 0.1) is 20.8 Å². The van der Waals surface area contributed by atoms with Gasteiger partial charge >= 0.3 is 0 Å². The second-order valence-electron chi connectivity index (χ2n) is 8.16. The van der Waals surface area contributed by atoms with Crippen molar-refractivity contribution in [2.24, 2.45) is 5.73 Å². The van der Waals surface area contributed by atoms with Crippen LogP contribution < -0.4 is 11.1 Å². The molecule has 0 bridgehead atoms. The first-order valence-corrected chi connectivity index (χ1v) is 9.29. The number of aryl methyl sites for hydroxylation is 3. The highest BCUT2D eigenvalue weighted by molar-refractivity contribution is 5.99. The maximum atomic E-state index is 12.0. The van der Waals surface area contributed by atoms with Crippen molar-refractivity contribution in [2.75, 3.05) is 5.32 Å². The molecule has 0 aliphatic rings. The van der Waals surface area contributed by atoms with Gasteiger partial charge in [0.05, 0.1) is 16.9 Å². The second-order valence-corrected chi connectivity index (χ2v) is 8.16. The van der Waals surface area contributed by atoms with E-state index >= 15 is 0 Å². The molecule has 0 saturated heterocycles. The lowest BCUT2D eigenvalue weighted by atomic mass is 9.92. The summed E-state index contributed by atoms with van der Waals surface area (Å²) in [6.07, 6.45) is 0. The van der Waals surface area contributed by atoms with E-state index in [1.54, 1.807) is 0 Å². The van der Waals surface area contributed by atoms with E-state index in [2.05, 4.69) is 31.1 Å². The van der Waals surface area contributed by atoms with Gasteiger partial charge in [0.25, 0.3) is 5.91 Å². The molecule has 3 rings (SSSR count). The van der Waals surface area contributed by atoms with Crippen molar-refractivity contribution in [3.63, 3.8) is 0 Å². The minimum absolute atomic E-state index is 0.132. The van der Waals surface area contributed by atoms with Crippen LogP contribution in [0.4, 0.5) is 11.6 Å². The molecule has 0 aliphatic heterocycles. The molecular weight excluding hydrogens is 350 g/mol. The van der Waals surface area contributed by atoms with E-state index in [9.17, 15) is 4.79 Å². The SMILES string of the molecule is Cc1cc(C)c(C(N)=O)c(Nc2cc(C(C)(C)C)nn2-c2ccccc2C)n1. The molecule has 0 atom stereocenters. The highest BCUT2D eigenvalue weighted by atomic mass is 16.1. The Hall–Kier alpha value is -3.15. The molecule has 1 aromatic carbocycles. The van der Waals surface area contributed by atoms with Crippen LogP contribution in [0.25, 0.3) is 5.69 Å². The van der Waals surface area contributed by atoms with Gasteiger partial charge in [0.1, 0.15) is 11.6 Å². The fourth-order valence-electron chi connectivity index (χ4n) is 3.18. The molecule has 0 fully saturated rings. The number of pyridine rings is 1. The van der Waals surface area contributed by atoms with E-state index in [4.69, 9.17) is 10.8 Å². The largest absolute Gasteiger partial charge is 0.365 e. The molecule has 1 amide bonds. The van der Waals surface area contributed by atoms with E-state index in [0.29, 0.717) is 11.4 Å². The molecule has 3 N–H and O–H groups in total. The third kappa shape index (κ3) is 3.76. The van der Waals surface area contributed by atoms with Gasteiger partial charge in [-0.15, -0.1) is 0 Å². The van der Waals surface area contributed by atoms with Crippen LogP contribution in [0.15, 0.2) is 36.4 Å². The summed E-state index contributed by atoms with van der Waals surface area (Å²) in [5, 5.41) is 8.15. The van der Waals surface area contributed by atoms with Crippen molar-refractivity contribution in [3.05, 3.63) is 64.5 Å². The van der Waals surface area contributed by atoms with Gasteiger partial charge in [-0.05, 0) is 44.0 Å². The summed E-state index contributed by atoms with van der Waals surface area (Å²) in [6.45, 7) is 12.1. The van der Waals surface area contributed by atoms with E-state index in [-0.39, 0.29) is 5.41 Å². The predicted molar refractivity (Wildman–Crippen MR) is 113 cm³/mol. The standard InChI is InChI=1S/C22H27N5O/c1-13-9-7-8-10-16(13)27-18(12-17(26-27)22(4,5)6)25-21-19(20(23)28)14(2)11-15(3)24-21/h7-12H,1-6H3,(H2,23,28)(H,24,25). The monoisotopic (exact) mass is 377 g/mol. The number of para-hydroxylation sites is 1. The Morgan fingerprint density at radius 3 is 2.36 bits per heavy atom. The van der Waals surface area contributed by atoms with Crippen LogP contribution in [0.1, 0.15) is 53.6 Å². The summed E-state index contributed by atoms with van der Waals surface area (Å²) in [5.74, 6) is 0.671. The molecule has 2 aromatic heterocycles. The minimum Gasteiger partial charge on any atom is -0.365 e. The zero-order valence-corrected chi connectivity index (χ0v) is 17.3. The Kier molecular flexibility index (Phi) is 4.98. The summed E-state index contributed by atoms with van der Waals surface area (Å²) >= 11 is 0. The quantitative estimate of drug-likeness (QED) is 0.708. The maximum absolute atomic E-state index is 12.0. The van der Waals surface area contributed by atoms with Crippen LogP contribution in [-0.2, 0) is 5.41 Å². The summed E-state index contributed by atoms with van der Waals surface area (Å²) in [7, 11) is 0.